The maximum atomic E-state index is 13.5. The number of carbonyl (C=O) groups is 1. The molecule has 0 heterocycles. The number of rotatable bonds is 2. The maximum absolute atomic E-state index is 13.5. The number of benzene rings is 2. The Balaban J connectivity index is 2.43. The molecular formula is C14H6BrClF4O. The highest BCUT2D eigenvalue weighted by molar-refractivity contribution is 9.10. The number of carbonyl (C=O) groups excluding carboxylic acids is 1. The van der Waals surface area contributed by atoms with Crippen LogP contribution in [0.25, 0.3) is 0 Å². The Morgan fingerprint density at radius 1 is 1.10 bits per heavy atom. The summed E-state index contributed by atoms with van der Waals surface area (Å²) in [6, 6.07) is 6.45. The molecule has 0 aliphatic carbocycles. The van der Waals surface area contributed by atoms with Gasteiger partial charge in [0.05, 0.1) is 10.6 Å². The summed E-state index contributed by atoms with van der Waals surface area (Å²) >= 11 is 9.06. The number of halogens is 6. The van der Waals surface area contributed by atoms with Crippen molar-refractivity contribution in [2.24, 2.45) is 0 Å². The summed E-state index contributed by atoms with van der Waals surface area (Å²) in [5.74, 6) is -2.15. The van der Waals surface area contributed by atoms with Gasteiger partial charge < -0.3 is 0 Å². The molecule has 0 fully saturated rings. The summed E-state index contributed by atoms with van der Waals surface area (Å²) in [6.45, 7) is 0. The van der Waals surface area contributed by atoms with Crippen LogP contribution in [0.3, 0.4) is 0 Å². The highest BCUT2D eigenvalue weighted by atomic mass is 79.9. The number of alkyl halides is 3. The van der Waals surface area contributed by atoms with Gasteiger partial charge in [-0.3, -0.25) is 4.79 Å². The first kappa shape index (κ1) is 16.0. The second-order valence-corrected chi connectivity index (χ2v) is 5.47. The lowest BCUT2D eigenvalue weighted by Crippen LogP contribution is -2.10. The zero-order valence-corrected chi connectivity index (χ0v) is 12.5. The second-order valence-electron chi connectivity index (χ2n) is 4.15. The van der Waals surface area contributed by atoms with E-state index in [1.54, 1.807) is 6.07 Å². The fourth-order valence-electron chi connectivity index (χ4n) is 1.72. The van der Waals surface area contributed by atoms with E-state index < -0.39 is 23.3 Å². The van der Waals surface area contributed by atoms with Gasteiger partial charge in [0, 0.05) is 15.6 Å². The fraction of sp³-hybridized carbons (Fsp3) is 0.0714. The van der Waals surface area contributed by atoms with Crippen molar-refractivity contribution in [3.05, 3.63) is 68.4 Å². The van der Waals surface area contributed by atoms with Gasteiger partial charge in [-0.2, -0.15) is 13.2 Å². The third kappa shape index (κ3) is 3.44. The van der Waals surface area contributed by atoms with Crippen molar-refractivity contribution in [1.29, 1.82) is 0 Å². The van der Waals surface area contributed by atoms with Crippen LogP contribution in [0, 0.1) is 5.82 Å². The number of ketones is 1. The standard InChI is InChI=1S/C14H6BrClF4O/c15-8-2-3-9(11(16)6-8)13(21)7-1-4-10(12(17)5-7)14(18,19)20/h1-6H. The van der Waals surface area contributed by atoms with Crippen LogP contribution in [0.15, 0.2) is 40.9 Å². The van der Waals surface area contributed by atoms with Gasteiger partial charge in [-0.25, -0.2) is 4.39 Å². The average molecular weight is 382 g/mol. The molecule has 2 aromatic rings. The minimum absolute atomic E-state index is 0.0824. The van der Waals surface area contributed by atoms with Gasteiger partial charge in [-0.15, -0.1) is 0 Å². The Labute approximate surface area is 130 Å². The number of hydrogen-bond donors (Lipinski definition) is 0. The molecule has 0 saturated heterocycles. The molecule has 21 heavy (non-hydrogen) atoms. The van der Waals surface area contributed by atoms with Gasteiger partial charge in [-0.1, -0.05) is 33.6 Å². The van der Waals surface area contributed by atoms with Crippen LogP contribution >= 0.6 is 27.5 Å². The Morgan fingerprint density at radius 3 is 2.29 bits per heavy atom. The Kier molecular flexibility index (Phi) is 4.39. The van der Waals surface area contributed by atoms with Crippen molar-refractivity contribution < 1.29 is 22.4 Å². The van der Waals surface area contributed by atoms with Crippen molar-refractivity contribution in [3.63, 3.8) is 0 Å². The Morgan fingerprint density at radius 2 is 1.76 bits per heavy atom. The molecule has 0 atom stereocenters. The summed E-state index contributed by atoms with van der Waals surface area (Å²) in [4.78, 5) is 12.1. The average Bonchev–Trinajstić information content (AvgIpc) is 2.36. The minimum Gasteiger partial charge on any atom is -0.289 e. The quantitative estimate of drug-likeness (QED) is 0.496. The van der Waals surface area contributed by atoms with Crippen molar-refractivity contribution >= 4 is 33.3 Å². The van der Waals surface area contributed by atoms with E-state index >= 15 is 0 Å². The molecule has 0 radical (unpaired) electrons. The molecule has 0 N–H and O–H groups in total. The molecule has 1 nitrogen and oxygen atoms in total. The first-order chi connectivity index (χ1) is 9.70. The maximum Gasteiger partial charge on any atom is 0.419 e. The van der Waals surface area contributed by atoms with E-state index in [1.165, 1.54) is 12.1 Å². The van der Waals surface area contributed by atoms with Crippen LogP contribution in [0.5, 0.6) is 0 Å². The lowest BCUT2D eigenvalue weighted by atomic mass is 10.0. The largest absolute Gasteiger partial charge is 0.419 e. The van der Waals surface area contributed by atoms with E-state index in [0.717, 1.165) is 6.07 Å². The summed E-state index contributed by atoms with van der Waals surface area (Å²) in [6.07, 6.45) is -4.80. The van der Waals surface area contributed by atoms with Gasteiger partial charge in [0.25, 0.3) is 0 Å². The van der Waals surface area contributed by atoms with Crippen LogP contribution in [0.1, 0.15) is 21.5 Å². The van der Waals surface area contributed by atoms with Crippen molar-refractivity contribution in [2.75, 3.05) is 0 Å². The third-order valence-corrected chi connectivity index (χ3v) is 3.52. The predicted molar refractivity (Wildman–Crippen MR) is 74.0 cm³/mol. The molecule has 0 aliphatic heterocycles. The Bertz CT molecular complexity index is 713. The second kappa shape index (κ2) is 5.77. The van der Waals surface area contributed by atoms with Gasteiger partial charge in [0.2, 0.25) is 0 Å². The minimum atomic E-state index is -4.80. The predicted octanol–water partition coefficient (Wildman–Crippen LogP) is 5.49. The molecule has 2 aromatic carbocycles. The lowest BCUT2D eigenvalue weighted by Gasteiger charge is -2.09. The first-order valence-corrected chi connectivity index (χ1v) is 6.74. The molecule has 0 aromatic heterocycles. The summed E-state index contributed by atoms with van der Waals surface area (Å²) in [7, 11) is 0. The Hall–Kier alpha value is -1.40. The zero-order chi connectivity index (χ0) is 15.8. The van der Waals surface area contributed by atoms with E-state index in [1.807, 2.05) is 0 Å². The van der Waals surface area contributed by atoms with Gasteiger partial charge in [-0.05, 0) is 30.3 Å². The lowest BCUT2D eigenvalue weighted by molar-refractivity contribution is -0.140. The van der Waals surface area contributed by atoms with E-state index in [-0.39, 0.29) is 16.1 Å². The van der Waals surface area contributed by atoms with E-state index in [9.17, 15) is 22.4 Å². The molecule has 2 rings (SSSR count). The van der Waals surface area contributed by atoms with Crippen LogP contribution in [0.2, 0.25) is 5.02 Å². The topological polar surface area (TPSA) is 17.1 Å². The molecule has 0 amide bonds. The van der Waals surface area contributed by atoms with Crippen LogP contribution in [-0.2, 0) is 6.18 Å². The van der Waals surface area contributed by atoms with Gasteiger partial charge in [0.15, 0.2) is 5.78 Å². The smallest absolute Gasteiger partial charge is 0.289 e. The molecule has 7 heteroatoms. The fourth-order valence-corrected chi connectivity index (χ4v) is 2.47. The zero-order valence-electron chi connectivity index (χ0n) is 10.1. The van der Waals surface area contributed by atoms with Crippen LogP contribution in [0.4, 0.5) is 17.6 Å². The van der Waals surface area contributed by atoms with E-state index in [4.69, 9.17) is 11.6 Å². The highest BCUT2D eigenvalue weighted by Crippen LogP contribution is 2.32. The van der Waals surface area contributed by atoms with Crippen molar-refractivity contribution in [2.45, 2.75) is 6.18 Å². The molecule has 0 unspecified atom stereocenters. The van der Waals surface area contributed by atoms with Gasteiger partial charge in [0.1, 0.15) is 5.82 Å². The normalized spacial score (nSPS) is 11.5. The van der Waals surface area contributed by atoms with Crippen LogP contribution in [-0.4, -0.2) is 5.78 Å². The molecular weight excluding hydrogens is 376 g/mol. The summed E-state index contributed by atoms with van der Waals surface area (Å²) in [5.41, 5.74) is -1.54. The highest BCUT2D eigenvalue weighted by Gasteiger charge is 2.34. The SMILES string of the molecule is O=C(c1ccc(C(F)(F)F)c(F)c1)c1ccc(Br)cc1Cl. The molecule has 0 aliphatic rings. The molecule has 0 spiro atoms. The van der Waals surface area contributed by atoms with Crippen molar-refractivity contribution in [1.82, 2.24) is 0 Å². The summed E-state index contributed by atoms with van der Waals surface area (Å²) < 4.78 is 51.5. The van der Waals surface area contributed by atoms with E-state index in [2.05, 4.69) is 15.9 Å². The molecule has 0 saturated carbocycles. The van der Waals surface area contributed by atoms with Crippen LogP contribution < -0.4 is 0 Å². The summed E-state index contributed by atoms with van der Waals surface area (Å²) in [5, 5.41) is 0.120. The third-order valence-electron chi connectivity index (χ3n) is 2.71. The van der Waals surface area contributed by atoms with Crippen molar-refractivity contribution in [3.8, 4) is 0 Å². The molecule has 0 bridgehead atoms. The first-order valence-electron chi connectivity index (χ1n) is 5.56. The van der Waals surface area contributed by atoms with Gasteiger partial charge >= 0.3 is 6.18 Å². The van der Waals surface area contributed by atoms with E-state index in [0.29, 0.717) is 16.6 Å². The number of hydrogen-bond acceptors (Lipinski definition) is 1. The molecule has 110 valence electrons. The monoisotopic (exact) mass is 380 g/mol.